The van der Waals surface area contributed by atoms with Gasteiger partial charge in [-0.05, 0) is 37.5 Å². The molecule has 0 rings (SSSR count). The van der Waals surface area contributed by atoms with Gasteiger partial charge in [-0.2, -0.15) is 0 Å². The highest BCUT2D eigenvalue weighted by Gasteiger charge is 2.30. The van der Waals surface area contributed by atoms with E-state index in [2.05, 4.69) is 41.5 Å². The Morgan fingerprint density at radius 2 is 0.567 bits per heavy atom. The second-order valence-electron chi connectivity index (χ2n) is 26.3. The molecular weight excluding hydrogens is 1190 g/mol. The molecule has 19 heteroatoms. The van der Waals surface area contributed by atoms with Crippen LogP contribution in [0.5, 0.6) is 0 Å². The summed E-state index contributed by atoms with van der Waals surface area (Å²) in [5.74, 6) is -0.609. The van der Waals surface area contributed by atoms with Crippen molar-refractivity contribution in [2.24, 2.45) is 11.8 Å². The molecule has 534 valence electrons. The zero-order valence-corrected chi connectivity index (χ0v) is 60.2. The Kier molecular flexibility index (Phi) is 61.8. The fourth-order valence-electron chi connectivity index (χ4n) is 10.7. The number of hydrogen-bond donors (Lipinski definition) is 3. The summed E-state index contributed by atoms with van der Waals surface area (Å²) in [6, 6.07) is 0. The molecule has 0 bridgehead atoms. The van der Waals surface area contributed by atoms with Gasteiger partial charge in [0.1, 0.15) is 19.3 Å². The van der Waals surface area contributed by atoms with Crippen molar-refractivity contribution in [3.05, 3.63) is 0 Å². The fourth-order valence-corrected chi connectivity index (χ4v) is 12.3. The molecule has 90 heavy (non-hydrogen) atoms. The van der Waals surface area contributed by atoms with Crippen LogP contribution in [0, 0.1) is 11.8 Å². The normalized spacial score (nSPS) is 14.4. The van der Waals surface area contributed by atoms with Gasteiger partial charge in [-0.15, -0.1) is 0 Å². The fraction of sp³-hybridized carbons (Fsp3) is 0.944. The summed E-state index contributed by atoms with van der Waals surface area (Å²) < 4.78 is 68.3. The van der Waals surface area contributed by atoms with Crippen LogP contribution in [0.15, 0.2) is 0 Å². The zero-order valence-electron chi connectivity index (χ0n) is 58.4. The second kappa shape index (κ2) is 63.1. The molecule has 0 aromatic heterocycles. The lowest BCUT2D eigenvalue weighted by Crippen LogP contribution is -2.30. The first-order valence-electron chi connectivity index (χ1n) is 37.0. The number of phosphoric ester groups is 2. The number of ether oxygens (including phenoxy) is 4. The van der Waals surface area contributed by atoms with Crippen molar-refractivity contribution in [1.29, 1.82) is 0 Å². The SMILES string of the molecule is CCCCCCCCCCCCCCCC(=O)OC[C@H](COP(=O)(O)OC[C@@H](O)COP(=O)(O)OC[C@@H](COC(=O)CCCCCCCCCCCC)OC(=O)CCCCCCCCC(C)CC)OC(=O)CCCCCCCCCCCCCCCCC(C)C. The van der Waals surface area contributed by atoms with Gasteiger partial charge in [-0.25, -0.2) is 9.13 Å². The van der Waals surface area contributed by atoms with E-state index < -0.39 is 97.5 Å². The van der Waals surface area contributed by atoms with Crippen LogP contribution in [-0.4, -0.2) is 96.7 Å². The molecule has 0 radical (unpaired) electrons. The average Bonchev–Trinajstić information content (AvgIpc) is 2.93. The molecule has 0 heterocycles. The van der Waals surface area contributed by atoms with Gasteiger partial charge in [0, 0.05) is 25.7 Å². The van der Waals surface area contributed by atoms with Crippen LogP contribution in [0.25, 0.3) is 0 Å². The molecule has 0 saturated heterocycles. The van der Waals surface area contributed by atoms with Gasteiger partial charge in [0.2, 0.25) is 0 Å². The van der Waals surface area contributed by atoms with Crippen molar-refractivity contribution in [3.8, 4) is 0 Å². The maximum Gasteiger partial charge on any atom is 0.472 e. The molecule has 0 aromatic carbocycles. The first-order chi connectivity index (χ1) is 43.4. The van der Waals surface area contributed by atoms with E-state index in [0.717, 1.165) is 102 Å². The number of esters is 4. The average molecular weight is 1330 g/mol. The second-order valence-corrected chi connectivity index (χ2v) is 29.3. The summed E-state index contributed by atoms with van der Waals surface area (Å²) in [7, 11) is -9.90. The molecule has 0 aliphatic heterocycles. The van der Waals surface area contributed by atoms with Crippen LogP contribution in [0.3, 0.4) is 0 Å². The predicted octanol–water partition coefficient (Wildman–Crippen LogP) is 20.4. The monoisotopic (exact) mass is 1320 g/mol. The Balaban J connectivity index is 5.23. The molecule has 0 fully saturated rings. The summed E-state index contributed by atoms with van der Waals surface area (Å²) in [6.45, 7) is 9.52. The van der Waals surface area contributed by atoms with Gasteiger partial charge < -0.3 is 33.8 Å². The van der Waals surface area contributed by atoms with Crippen molar-refractivity contribution in [1.82, 2.24) is 0 Å². The van der Waals surface area contributed by atoms with Crippen molar-refractivity contribution in [3.63, 3.8) is 0 Å². The molecule has 6 atom stereocenters. The molecule has 0 aliphatic carbocycles. The largest absolute Gasteiger partial charge is 0.472 e. The summed E-state index contributed by atoms with van der Waals surface area (Å²) in [5, 5.41) is 10.6. The number of unbranched alkanes of at least 4 members (excludes halogenated alkanes) is 39. The van der Waals surface area contributed by atoms with Gasteiger partial charge in [-0.1, -0.05) is 311 Å². The first-order valence-corrected chi connectivity index (χ1v) is 40.0. The zero-order chi connectivity index (χ0) is 66.5. The third-order valence-corrected chi connectivity index (χ3v) is 18.7. The molecule has 17 nitrogen and oxygen atoms in total. The lowest BCUT2D eigenvalue weighted by Gasteiger charge is -2.21. The number of aliphatic hydroxyl groups excluding tert-OH is 1. The van der Waals surface area contributed by atoms with Crippen LogP contribution in [0.2, 0.25) is 0 Å². The third kappa shape index (κ3) is 63.5. The van der Waals surface area contributed by atoms with Crippen LogP contribution < -0.4 is 0 Å². The highest BCUT2D eigenvalue weighted by Crippen LogP contribution is 2.45. The van der Waals surface area contributed by atoms with E-state index in [1.54, 1.807) is 0 Å². The third-order valence-electron chi connectivity index (χ3n) is 16.8. The molecular formula is C71H138O17P2. The number of rotatable bonds is 70. The molecule has 0 aromatic rings. The Labute approximate surface area is 549 Å². The van der Waals surface area contributed by atoms with E-state index in [4.69, 9.17) is 37.0 Å². The lowest BCUT2D eigenvalue weighted by molar-refractivity contribution is -0.161. The summed E-state index contributed by atoms with van der Waals surface area (Å²) >= 11 is 0. The van der Waals surface area contributed by atoms with Crippen molar-refractivity contribution in [2.75, 3.05) is 39.6 Å². The van der Waals surface area contributed by atoms with Gasteiger partial charge in [-0.3, -0.25) is 37.3 Å². The van der Waals surface area contributed by atoms with E-state index in [9.17, 15) is 43.2 Å². The minimum absolute atomic E-state index is 0.103. The Morgan fingerprint density at radius 1 is 0.322 bits per heavy atom. The van der Waals surface area contributed by atoms with Crippen molar-refractivity contribution >= 4 is 39.5 Å². The lowest BCUT2D eigenvalue weighted by atomic mass is 10.00. The molecule has 0 aliphatic rings. The van der Waals surface area contributed by atoms with E-state index in [0.29, 0.717) is 25.7 Å². The van der Waals surface area contributed by atoms with E-state index in [1.165, 1.54) is 180 Å². The van der Waals surface area contributed by atoms with Gasteiger partial charge in [0.25, 0.3) is 0 Å². The van der Waals surface area contributed by atoms with Crippen LogP contribution in [-0.2, 0) is 65.4 Å². The van der Waals surface area contributed by atoms with Crippen LogP contribution >= 0.6 is 15.6 Å². The Morgan fingerprint density at radius 3 is 0.844 bits per heavy atom. The predicted molar refractivity (Wildman–Crippen MR) is 363 cm³/mol. The van der Waals surface area contributed by atoms with E-state index in [-0.39, 0.29) is 25.7 Å². The van der Waals surface area contributed by atoms with E-state index in [1.807, 2.05) is 0 Å². The molecule has 0 spiro atoms. The molecule has 0 saturated carbocycles. The van der Waals surface area contributed by atoms with Crippen LogP contribution in [0.4, 0.5) is 0 Å². The van der Waals surface area contributed by atoms with Gasteiger partial charge in [0.05, 0.1) is 26.4 Å². The highest BCUT2D eigenvalue weighted by atomic mass is 31.2. The summed E-state index contributed by atoms with van der Waals surface area (Å²) in [4.78, 5) is 72.5. The number of aliphatic hydroxyl groups is 1. The number of hydrogen-bond acceptors (Lipinski definition) is 15. The minimum Gasteiger partial charge on any atom is -0.462 e. The standard InChI is InChI=1S/C71H138O17P2/c1-7-10-12-14-16-18-20-23-27-31-35-42-48-54-69(74)81-59-66(87-70(75)55-49-43-36-32-28-25-22-21-24-26-29-33-39-45-51-63(4)5)61-85-89(77,78)83-57-65(72)58-84-90(79,80)86-62-67(88-71(76)56-50-44-38-37-40-46-52-64(6)9-3)60-82-68(73)53-47-41-34-30-19-17-15-13-11-8-2/h63-67,72H,7-62H2,1-6H3,(H,77,78)(H,79,80)/t64?,65-,66-,67-/m1/s1. The first kappa shape index (κ1) is 88.1. The summed E-state index contributed by atoms with van der Waals surface area (Å²) in [6.07, 6.45) is 48.5. The maximum atomic E-state index is 13.0. The topological polar surface area (TPSA) is 237 Å². The molecule has 0 amide bonds. The summed E-state index contributed by atoms with van der Waals surface area (Å²) in [5.41, 5.74) is 0. The Bertz CT molecular complexity index is 1750. The molecule has 3 unspecified atom stereocenters. The van der Waals surface area contributed by atoms with Crippen molar-refractivity contribution in [2.45, 2.75) is 381 Å². The maximum absolute atomic E-state index is 13.0. The molecule has 3 N–H and O–H groups in total. The smallest absolute Gasteiger partial charge is 0.462 e. The van der Waals surface area contributed by atoms with Gasteiger partial charge in [0.15, 0.2) is 12.2 Å². The highest BCUT2D eigenvalue weighted by molar-refractivity contribution is 7.47. The minimum atomic E-state index is -4.95. The van der Waals surface area contributed by atoms with E-state index >= 15 is 0 Å². The van der Waals surface area contributed by atoms with Gasteiger partial charge >= 0.3 is 39.5 Å². The number of carbonyl (C=O) groups excluding carboxylic acids is 4. The number of carbonyl (C=O) groups is 4. The Hall–Kier alpha value is -1.94. The van der Waals surface area contributed by atoms with Crippen LogP contribution in [0.1, 0.15) is 363 Å². The quantitative estimate of drug-likeness (QED) is 0.0222. The van der Waals surface area contributed by atoms with Crippen molar-refractivity contribution < 1.29 is 80.2 Å². The number of phosphoric acid groups is 2.